The minimum absolute atomic E-state index is 0.132. The van der Waals surface area contributed by atoms with Gasteiger partial charge in [0.15, 0.2) is 5.78 Å². The van der Waals surface area contributed by atoms with E-state index in [2.05, 4.69) is 4.99 Å². The Morgan fingerprint density at radius 2 is 1.69 bits per heavy atom. The normalized spacial score (nSPS) is 21.1. The summed E-state index contributed by atoms with van der Waals surface area (Å²) in [6, 6.07) is 12.5. The van der Waals surface area contributed by atoms with Gasteiger partial charge in [-0.2, -0.15) is 0 Å². The Morgan fingerprint density at radius 1 is 1.03 bits per heavy atom. The van der Waals surface area contributed by atoms with Crippen LogP contribution in [-0.2, 0) is 9.47 Å². The van der Waals surface area contributed by atoms with Gasteiger partial charge in [-0.25, -0.2) is 9.79 Å². The second-order valence-electron chi connectivity index (χ2n) is 6.83. The van der Waals surface area contributed by atoms with Crippen LogP contribution in [0.5, 0.6) is 0 Å². The van der Waals surface area contributed by atoms with Crippen molar-refractivity contribution < 1.29 is 23.9 Å². The fourth-order valence-corrected chi connectivity index (χ4v) is 3.64. The Hall–Kier alpha value is -3.16. The Labute approximate surface area is 167 Å². The molecular weight excluding hydrogens is 372 g/mol. The predicted molar refractivity (Wildman–Crippen MR) is 106 cm³/mol. The summed E-state index contributed by atoms with van der Waals surface area (Å²) in [5, 5.41) is 0. The molecule has 1 saturated heterocycles. The third-order valence-electron chi connectivity index (χ3n) is 5.13. The molecule has 0 spiro atoms. The summed E-state index contributed by atoms with van der Waals surface area (Å²) in [6.07, 6.45) is 0. The van der Waals surface area contributed by atoms with Gasteiger partial charge in [0, 0.05) is 24.2 Å². The number of hydrogen-bond acceptors (Lipinski definition) is 7. The van der Waals surface area contributed by atoms with Crippen molar-refractivity contribution in [2.75, 3.05) is 33.4 Å². The summed E-state index contributed by atoms with van der Waals surface area (Å²) in [6.45, 7) is 2.10. The number of aliphatic imine (C=N–C) groups is 1. The molecule has 1 unspecified atom stereocenters. The van der Waals surface area contributed by atoms with Gasteiger partial charge in [-0.3, -0.25) is 14.5 Å². The predicted octanol–water partition coefficient (Wildman–Crippen LogP) is 2.33. The number of Topliss-reactive ketones (excluding diaryl/α,β-unsaturated/α-hetero) is 2. The van der Waals surface area contributed by atoms with Crippen molar-refractivity contribution in [2.45, 2.75) is 6.04 Å². The minimum atomic E-state index is -0.749. The molecule has 0 amide bonds. The van der Waals surface area contributed by atoms with Crippen LogP contribution in [0, 0.1) is 0 Å². The molecular formula is C22H20N2O5. The first-order chi connectivity index (χ1) is 14.1. The highest BCUT2D eigenvalue weighted by Gasteiger charge is 2.42. The third-order valence-corrected chi connectivity index (χ3v) is 5.13. The molecule has 4 rings (SSSR count). The van der Waals surface area contributed by atoms with Crippen LogP contribution in [0.15, 0.2) is 53.5 Å². The fraction of sp³-hybridized carbons (Fsp3) is 0.273. The van der Waals surface area contributed by atoms with E-state index in [4.69, 9.17) is 9.47 Å². The van der Waals surface area contributed by atoms with Gasteiger partial charge in [0.25, 0.3) is 0 Å². The first-order valence-electron chi connectivity index (χ1n) is 9.37. The van der Waals surface area contributed by atoms with Crippen molar-refractivity contribution in [3.8, 4) is 0 Å². The zero-order valence-electron chi connectivity index (χ0n) is 16.0. The lowest BCUT2D eigenvalue weighted by molar-refractivity contribution is 0.0278. The van der Waals surface area contributed by atoms with E-state index in [-0.39, 0.29) is 17.3 Å². The number of carbonyl (C=O) groups is 3. The number of methoxy groups -OCH3 is 1. The number of benzene rings is 2. The highest BCUT2D eigenvalue weighted by Crippen LogP contribution is 2.26. The molecule has 1 aliphatic heterocycles. The lowest BCUT2D eigenvalue weighted by atomic mass is 9.83. The molecule has 7 heteroatoms. The third kappa shape index (κ3) is 3.62. The Morgan fingerprint density at radius 3 is 2.34 bits per heavy atom. The van der Waals surface area contributed by atoms with Crippen molar-refractivity contribution in [1.82, 2.24) is 4.90 Å². The quantitative estimate of drug-likeness (QED) is 0.746. The molecule has 1 atom stereocenters. The Bertz CT molecular complexity index is 991. The SMILES string of the molecule is COC(=O)c1ccc(N=C2C(=O)c3ccccc3C(=O)C2N2CCOCC2)cc1. The maximum Gasteiger partial charge on any atom is 0.337 e. The van der Waals surface area contributed by atoms with E-state index in [9.17, 15) is 14.4 Å². The Balaban J connectivity index is 1.77. The van der Waals surface area contributed by atoms with Gasteiger partial charge in [0.2, 0.25) is 5.78 Å². The van der Waals surface area contributed by atoms with Crippen LogP contribution in [0.4, 0.5) is 5.69 Å². The molecule has 0 bridgehead atoms. The van der Waals surface area contributed by atoms with E-state index >= 15 is 0 Å². The monoisotopic (exact) mass is 392 g/mol. The highest BCUT2D eigenvalue weighted by molar-refractivity contribution is 6.55. The second kappa shape index (κ2) is 8.06. The lowest BCUT2D eigenvalue weighted by Gasteiger charge is -2.36. The van der Waals surface area contributed by atoms with E-state index in [0.717, 1.165) is 0 Å². The summed E-state index contributed by atoms with van der Waals surface area (Å²) in [5.74, 6) is -0.839. The van der Waals surface area contributed by atoms with Crippen molar-refractivity contribution >= 4 is 28.9 Å². The first kappa shape index (κ1) is 19.2. The van der Waals surface area contributed by atoms with Crippen molar-refractivity contribution in [3.63, 3.8) is 0 Å². The number of ether oxygens (including phenoxy) is 2. The number of ketones is 2. The maximum absolute atomic E-state index is 13.3. The van der Waals surface area contributed by atoms with Gasteiger partial charge in [0.05, 0.1) is 31.6 Å². The smallest absolute Gasteiger partial charge is 0.337 e. The number of nitrogens with zero attached hydrogens (tertiary/aromatic N) is 2. The summed E-state index contributed by atoms with van der Waals surface area (Å²) in [5.41, 5.74) is 1.87. The van der Waals surface area contributed by atoms with E-state index in [1.54, 1.807) is 48.5 Å². The molecule has 2 aromatic rings. The number of esters is 1. The summed E-state index contributed by atoms with van der Waals surface area (Å²) < 4.78 is 10.1. The molecule has 148 valence electrons. The van der Waals surface area contributed by atoms with Crippen LogP contribution in [0.25, 0.3) is 0 Å². The van der Waals surface area contributed by atoms with Crippen molar-refractivity contribution in [2.24, 2.45) is 4.99 Å². The number of carbonyl (C=O) groups excluding carboxylic acids is 3. The molecule has 1 fully saturated rings. The van der Waals surface area contributed by atoms with Gasteiger partial charge in [-0.05, 0) is 24.3 Å². The van der Waals surface area contributed by atoms with Crippen molar-refractivity contribution in [3.05, 3.63) is 65.2 Å². The van der Waals surface area contributed by atoms with E-state index in [1.165, 1.54) is 7.11 Å². The zero-order valence-corrected chi connectivity index (χ0v) is 16.0. The molecule has 29 heavy (non-hydrogen) atoms. The van der Waals surface area contributed by atoms with E-state index < -0.39 is 12.0 Å². The van der Waals surface area contributed by atoms with Crippen LogP contribution in [0.3, 0.4) is 0 Å². The molecule has 7 nitrogen and oxygen atoms in total. The molecule has 1 heterocycles. The average Bonchev–Trinajstić information content (AvgIpc) is 2.78. The number of hydrogen-bond donors (Lipinski definition) is 0. The molecule has 2 aliphatic rings. The number of morpholine rings is 1. The lowest BCUT2D eigenvalue weighted by Crippen LogP contribution is -2.55. The molecule has 1 aliphatic carbocycles. The standard InChI is InChI=1S/C22H20N2O5/c1-28-22(27)14-6-8-15(9-7-14)23-18-19(24-10-12-29-13-11-24)21(26)17-5-3-2-4-16(17)20(18)25/h2-9,19H,10-13H2,1H3. The first-order valence-corrected chi connectivity index (χ1v) is 9.37. The summed E-state index contributed by atoms with van der Waals surface area (Å²) >= 11 is 0. The Kier molecular flexibility index (Phi) is 5.33. The van der Waals surface area contributed by atoms with E-state index in [0.29, 0.717) is 48.7 Å². The van der Waals surface area contributed by atoms with Gasteiger partial charge in [-0.1, -0.05) is 24.3 Å². The largest absolute Gasteiger partial charge is 0.465 e. The molecule has 0 aromatic heterocycles. The molecule has 0 saturated carbocycles. The van der Waals surface area contributed by atoms with Crippen LogP contribution < -0.4 is 0 Å². The second-order valence-corrected chi connectivity index (χ2v) is 6.83. The topological polar surface area (TPSA) is 85.3 Å². The van der Waals surface area contributed by atoms with Gasteiger partial charge in [0.1, 0.15) is 11.8 Å². The maximum atomic E-state index is 13.3. The van der Waals surface area contributed by atoms with E-state index in [1.807, 2.05) is 4.90 Å². The summed E-state index contributed by atoms with van der Waals surface area (Å²) in [4.78, 5) is 44.6. The minimum Gasteiger partial charge on any atom is -0.465 e. The van der Waals surface area contributed by atoms with Crippen molar-refractivity contribution in [1.29, 1.82) is 0 Å². The van der Waals surface area contributed by atoms with Gasteiger partial charge < -0.3 is 9.47 Å². The molecule has 2 aromatic carbocycles. The zero-order chi connectivity index (χ0) is 20.4. The van der Waals surface area contributed by atoms with Crippen LogP contribution in [0.1, 0.15) is 31.1 Å². The highest BCUT2D eigenvalue weighted by atomic mass is 16.5. The average molecular weight is 392 g/mol. The van der Waals surface area contributed by atoms with Crippen LogP contribution in [-0.4, -0.2) is 67.6 Å². The summed E-state index contributed by atoms with van der Waals surface area (Å²) in [7, 11) is 1.31. The molecule has 0 N–H and O–H groups in total. The van der Waals surface area contributed by atoms with Gasteiger partial charge >= 0.3 is 5.97 Å². The fourth-order valence-electron chi connectivity index (χ4n) is 3.64. The van der Waals surface area contributed by atoms with Crippen LogP contribution >= 0.6 is 0 Å². The van der Waals surface area contributed by atoms with Crippen LogP contribution in [0.2, 0.25) is 0 Å². The van der Waals surface area contributed by atoms with Gasteiger partial charge in [-0.15, -0.1) is 0 Å². The molecule has 0 radical (unpaired) electrons. The number of rotatable bonds is 3. The number of fused-ring (bicyclic) bond motifs is 1.